The van der Waals surface area contributed by atoms with E-state index in [2.05, 4.69) is 5.32 Å². The summed E-state index contributed by atoms with van der Waals surface area (Å²) in [6.45, 7) is 1.59. The minimum atomic E-state index is -3.22. The monoisotopic (exact) mass is 305 g/mol. The van der Waals surface area contributed by atoms with Gasteiger partial charge in [0.15, 0.2) is 9.84 Å². The third-order valence-corrected chi connectivity index (χ3v) is 4.55. The number of nitrogens with one attached hydrogen (secondary N) is 1. The van der Waals surface area contributed by atoms with Crippen LogP contribution in [0.1, 0.15) is 12.7 Å². The van der Waals surface area contributed by atoms with Gasteiger partial charge in [0.05, 0.1) is 16.9 Å². The number of carbonyl (C=O) groups excluding carboxylic acids is 1. The highest BCUT2D eigenvalue weighted by Gasteiger charge is 2.10. The lowest BCUT2D eigenvalue weighted by Crippen LogP contribution is -2.08. The van der Waals surface area contributed by atoms with E-state index in [-0.39, 0.29) is 16.6 Å². The maximum atomic E-state index is 11.7. The highest BCUT2D eigenvalue weighted by atomic mass is 32.2. The molecule has 1 aromatic heterocycles. The first-order valence-electron chi connectivity index (χ1n) is 6.36. The summed E-state index contributed by atoms with van der Waals surface area (Å²) in [5, 5.41) is 2.64. The van der Waals surface area contributed by atoms with Crippen LogP contribution < -0.4 is 5.32 Å². The molecule has 0 aliphatic heterocycles. The molecule has 6 heteroatoms. The van der Waals surface area contributed by atoms with Crippen molar-refractivity contribution in [3.63, 3.8) is 0 Å². The number of amides is 1. The van der Waals surface area contributed by atoms with E-state index in [0.717, 1.165) is 0 Å². The molecule has 0 atom stereocenters. The van der Waals surface area contributed by atoms with Crippen molar-refractivity contribution in [3.8, 4) is 0 Å². The molecule has 5 nitrogen and oxygen atoms in total. The number of hydrogen-bond acceptors (Lipinski definition) is 4. The van der Waals surface area contributed by atoms with Crippen molar-refractivity contribution in [1.82, 2.24) is 0 Å². The Morgan fingerprint density at radius 3 is 2.52 bits per heavy atom. The number of carbonyl (C=O) groups is 1. The van der Waals surface area contributed by atoms with Crippen LogP contribution in [0.3, 0.4) is 0 Å². The molecule has 1 N–H and O–H groups in total. The van der Waals surface area contributed by atoms with Crippen LogP contribution in [-0.2, 0) is 14.6 Å². The maximum absolute atomic E-state index is 11.7. The van der Waals surface area contributed by atoms with E-state index in [1.165, 1.54) is 24.5 Å². The molecule has 2 aromatic rings. The van der Waals surface area contributed by atoms with Gasteiger partial charge in [0.2, 0.25) is 5.91 Å². The van der Waals surface area contributed by atoms with E-state index >= 15 is 0 Å². The van der Waals surface area contributed by atoms with Gasteiger partial charge in [-0.15, -0.1) is 0 Å². The molecule has 0 aliphatic rings. The summed E-state index contributed by atoms with van der Waals surface area (Å²) in [7, 11) is -3.22. The number of rotatable bonds is 5. The summed E-state index contributed by atoms with van der Waals surface area (Å²) in [5.41, 5.74) is 0.527. The Bertz CT molecular complexity index is 728. The van der Waals surface area contributed by atoms with Crippen LogP contribution in [0.15, 0.2) is 58.1 Å². The molecule has 1 amide bonds. The predicted molar refractivity (Wildman–Crippen MR) is 80.5 cm³/mol. The molecule has 0 bridgehead atoms. The summed E-state index contributed by atoms with van der Waals surface area (Å²) in [6.07, 6.45) is 4.41. The first kappa shape index (κ1) is 15.1. The lowest BCUT2D eigenvalue weighted by Gasteiger charge is -2.04. The smallest absolute Gasteiger partial charge is 0.248 e. The van der Waals surface area contributed by atoms with E-state index in [1.54, 1.807) is 37.3 Å². The predicted octanol–water partition coefficient (Wildman–Crippen LogP) is 2.73. The van der Waals surface area contributed by atoms with Crippen LogP contribution in [0.2, 0.25) is 0 Å². The van der Waals surface area contributed by atoms with E-state index in [9.17, 15) is 13.2 Å². The van der Waals surface area contributed by atoms with Crippen molar-refractivity contribution in [2.75, 3.05) is 11.1 Å². The summed E-state index contributed by atoms with van der Waals surface area (Å²) < 4.78 is 28.4. The molecule has 0 saturated heterocycles. The topological polar surface area (TPSA) is 76.4 Å². The van der Waals surface area contributed by atoms with Crippen molar-refractivity contribution in [2.45, 2.75) is 11.8 Å². The number of benzene rings is 1. The van der Waals surface area contributed by atoms with Crippen molar-refractivity contribution in [2.24, 2.45) is 0 Å². The minimum absolute atomic E-state index is 0.0462. The van der Waals surface area contributed by atoms with Gasteiger partial charge in [-0.3, -0.25) is 4.79 Å². The first-order chi connectivity index (χ1) is 10.0. The Balaban J connectivity index is 2.02. The average Bonchev–Trinajstić information content (AvgIpc) is 2.99. The Kier molecular flexibility index (Phi) is 4.59. The molecule has 0 unspecified atom stereocenters. The summed E-state index contributed by atoms with van der Waals surface area (Å²) in [6, 6.07) is 9.52. The van der Waals surface area contributed by atoms with Gasteiger partial charge in [0, 0.05) is 11.8 Å². The van der Waals surface area contributed by atoms with Gasteiger partial charge < -0.3 is 9.73 Å². The van der Waals surface area contributed by atoms with E-state index in [0.29, 0.717) is 11.4 Å². The largest absolute Gasteiger partial charge is 0.465 e. The second-order valence-electron chi connectivity index (χ2n) is 4.27. The second-order valence-corrected chi connectivity index (χ2v) is 6.54. The van der Waals surface area contributed by atoms with Gasteiger partial charge in [0.25, 0.3) is 0 Å². The Morgan fingerprint density at radius 1 is 1.24 bits per heavy atom. The van der Waals surface area contributed by atoms with Crippen LogP contribution in [-0.4, -0.2) is 20.1 Å². The molecule has 21 heavy (non-hydrogen) atoms. The van der Waals surface area contributed by atoms with Gasteiger partial charge in [-0.1, -0.05) is 6.92 Å². The van der Waals surface area contributed by atoms with Crippen LogP contribution >= 0.6 is 0 Å². The fourth-order valence-corrected chi connectivity index (χ4v) is 2.52. The van der Waals surface area contributed by atoms with Gasteiger partial charge in [0.1, 0.15) is 5.76 Å². The van der Waals surface area contributed by atoms with Crippen LogP contribution in [0.25, 0.3) is 6.08 Å². The quantitative estimate of drug-likeness (QED) is 0.862. The molecule has 110 valence electrons. The molecule has 1 aromatic carbocycles. The number of furan rings is 1. The van der Waals surface area contributed by atoms with Crippen LogP contribution in [0, 0.1) is 0 Å². The van der Waals surface area contributed by atoms with Crippen molar-refractivity contribution >= 4 is 27.5 Å². The highest BCUT2D eigenvalue weighted by molar-refractivity contribution is 7.91. The second kappa shape index (κ2) is 6.41. The maximum Gasteiger partial charge on any atom is 0.248 e. The average molecular weight is 305 g/mol. The van der Waals surface area contributed by atoms with Gasteiger partial charge in [-0.2, -0.15) is 0 Å². The fourth-order valence-electron chi connectivity index (χ4n) is 1.64. The molecular weight excluding hydrogens is 290 g/mol. The fraction of sp³-hybridized carbons (Fsp3) is 0.133. The minimum Gasteiger partial charge on any atom is -0.465 e. The standard InChI is InChI=1S/C15H15NO4S/c1-2-21(18,19)14-8-5-12(6-9-14)16-15(17)10-7-13-4-3-11-20-13/h3-11H,2H2,1H3,(H,16,17)/b10-7+. The van der Waals surface area contributed by atoms with Gasteiger partial charge >= 0.3 is 0 Å². The summed E-state index contributed by atoms with van der Waals surface area (Å²) >= 11 is 0. The number of hydrogen-bond donors (Lipinski definition) is 1. The summed E-state index contributed by atoms with van der Waals surface area (Å²) in [4.78, 5) is 11.9. The number of sulfone groups is 1. The lowest BCUT2D eigenvalue weighted by molar-refractivity contribution is -0.111. The number of anilines is 1. The highest BCUT2D eigenvalue weighted by Crippen LogP contribution is 2.15. The Morgan fingerprint density at radius 2 is 1.95 bits per heavy atom. The molecule has 0 aliphatic carbocycles. The molecule has 0 spiro atoms. The molecule has 0 fully saturated rings. The van der Waals surface area contributed by atoms with Crippen molar-refractivity contribution < 1.29 is 17.6 Å². The van der Waals surface area contributed by atoms with Gasteiger partial charge in [-0.25, -0.2) is 8.42 Å². The molecule has 0 saturated carbocycles. The third kappa shape index (κ3) is 4.06. The van der Waals surface area contributed by atoms with E-state index < -0.39 is 9.84 Å². The normalized spacial score (nSPS) is 11.7. The summed E-state index contributed by atoms with van der Waals surface area (Å²) in [5.74, 6) is 0.303. The zero-order valence-electron chi connectivity index (χ0n) is 11.4. The first-order valence-corrected chi connectivity index (χ1v) is 8.02. The molecule has 1 heterocycles. The zero-order valence-corrected chi connectivity index (χ0v) is 12.3. The van der Waals surface area contributed by atoms with Crippen LogP contribution in [0.5, 0.6) is 0 Å². The Hall–Kier alpha value is -2.34. The van der Waals surface area contributed by atoms with E-state index in [4.69, 9.17) is 4.42 Å². The molecule has 2 rings (SSSR count). The lowest BCUT2D eigenvalue weighted by atomic mass is 10.3. The van der Waals surface area contributed by atoms with Crippen molar-refractivity contribution in [3.05, 3.63) is 54.5 Å². The third-order valence-electron chi connectivity index (χ3n) is 2.80. The molecule has 0 radical (unpaired) electrons. The van der Waals surface area contributed by atoms with Gasteiger partial charge in [-0.05, 0) is 42.5 Å². The molecular formula is C15H15NO4S. The van der Waals surface area contributed by atoms with E-state index in [1.807, 2.05) is 0 Å². The zero-order chi connectivity index (χ0) is 15.3. The van der Waals surface area contributed by atoms with Crippen molar-refractivity contribution in [1.29, 1.82) is 0 Å². The SMILES string of the molecule is CCS(=O)(=O)c1ccc(NC(=O)/C=C/c2ccco2)cc1. The van der Waals surface area contributed by atoms with Crippen LogP contribution in [0.4, 0.5) is 5.69 Å². The Labute approximate surface area is 123 Å².